The van der Waals surface area contributed by atoms with Gasteiger partial charge in [-0.25, -0.2) is 0 Å². The van der Waals surface area contributed by atoms with E-state index in [0.717, 1.165) is 0 Å². The third-order valence-electron chi connectivity index (χ3n) is 2.71. The molecule has 1 N–H and O–H groups in total. The van der Waals surface area contributed by atoms with Gasteiger partial charge < -0.3 is 14.2 Å². The quantitative estimate of drug-likeness (QED) is 0.462. The number of benzene rings is 1. The zero-order valence-corrected chi connectivity index (χ0v) is 14.5. The number of nitrogens with one attached hydrogen (secondary N) is 1. The monoisotopic (exact) mass is 337 g/mol. The Morgan fingerprint density at radius 3 is 1.79 bits per heavy atom. The van der Waals surface area contributed by atoms with Crippen molar-refractivity contribution in [2.75, 3.05) is 0 Å². The Balaban J connectivity index is 3.06. The molecule has 24 heavy (non-hydrogen) atoms. The van der Waals surface area contributed by atoms with Gasteiger partial charge in [-0.2, -0.15) is 0 Å². The molecule has 7 nitrogen and oxygen atoms in total. The Bertz CT molecular complexity index is 577. The first-order chi connectivity index (χ1) is 11.2. The average molecular weight is 337 g/mol. The zero-order chi connectivity index (χ0) is 18.3. The van der Waals surface area contributed by atoms with E-state index in [1.807, 2.05) is 13.8 Å². The highest BCUT2D eigenvalue weighted by Crippen LogP contribution is 2.24. The summed E-state index contributed by atoms with van der Waals surface area (Å²) in [5.74, 6) is -0.884. The molecule has 0 aliphatic rings. The van der Waals surface area contributed by atoms with Gasteiger partial charge in [-0.1, -0.05) is 0 Å². The summed E-state index contributed by atoms with van der Waals surface area (Å²) in [6, 6.07) is 4.81. The molecule has 1 aromatic rings. The van der Waals surface area contributed by atoms with E-state index in [2.05, 4.69) is 5.32 Å². The van der Waals surface area contributed by atoms with Gasteiger partial charge in [0.25, 0.3) is 0 Å². The van der Waals surface area contributed by atoms with Crippen molar-refractivity contribution in [2.45, 2.75) is 53.3 Å². The van der Waals surface area contributed by atoms with Crippen LogP contribution in [0.5, 0.6) is 11.5 Å². The predicted molar refractivity (Wildman–Crippen MR) is 86.6 cm³/mol. The molecule has 0 spiro atoms. The summed E-state index contributed by atoms with van der Waals surface area (Å²) in [6.07, 6.45) is -0.235. The fraction of sp³-hybridized carbons (Fsp3) is 0.471. The molecule has 0 bridgehead atoms. The van der Waals surface area contributed by atoms with Crippen LogP contribution < -0.4 is 14.8 Å². The van der Waals surface area contributed by atoms with Gasteiger partial charge in [0.05, 0.1) is 0 Å². The summed E-state index contributed by atoms with van der Waals surface area (Å²) in [7, 11) is 0. The van der Waals surface area contributed by atoms with Crippen LogP contribution >= 0.6 is 0 Å². The second kappa shape index (κ2) is 9.02. The molecule has 1 atom stereocenters. The number of carbonyl (C=O) groups is 3. The fourth-order valence-corrected chi connectivity index (χ4v) is 2.12. The number of carbonyl (C=O) groups excluding carboxylic acids is 3. The van der Waals surface area contributed by atoms with E-state index in [0.29, 0.717) is 12.0 Å². The van der Waals surface area contributed by atoms with E-state index in [-0.39, 0.29) is 17.5 Å². The third kappa shape index (κ3) is 7.73. The van der Waals surface area contributed by atoms with Gasteiger partial charge in [0.15, 0.2) is 6.23 Å². The van der Waals surface area contributed by atoms with Crippen molar-refractivity contribution < 1.29 is 28.6 Å². The topological polar surface area (TPSA) is 90.9 Å². The largest absolute Gasteiger partial charge is 0.446 e. The number of hydrogen-bond donors (Lipinski definition) is 1. The van der Waals surface area contributed by atoms with Crippen LogP contribution in [-0.2, 0) is 25.5 Å². The first kappa shape index (κ1) is 19.6. The van der Waals surface area contributed by atoms with Crippen molar-refractivity contribution in [3.8, 4) is 11.5 Å². The standard InChI is InChI=1S/C17H23NO6/c1-10(2)18-17(24-13(5)21)8-14-6-15(22-11(3)19)9-16(7-14)23-12(4)20/h6-7,9-10,17-18H,8H2,1-5H3. The van der Waals surface area contributed by atoms with Crippen LogP contribution in [0.1, 0.15) is 40.2 Å². The summed E-state index contributed by atoms with van der Waals surface area (Å²) in [5, 5.41) is 3.12. The molecule has 0 aliphatic heterocycles. The van der Waals surface area contributed by atoms with Gasteiger partial charge in [0.1, 0.15) is 11.5 Å². The van der Waals surface area contributed by atoms with Crippen LogP contribution in [0.3, 0.4) is 0 Å². The molecular weight excluding hydrogens is 314 g/mol. The average Bonchev–Trinajstić information content (AvgIpc) is 2.34. The van der Waals surface area contributed by atoms with Crippen LogP contribution in [0.2, 0.25) is 0 Å². The number of esters is 3. The Labute approximate surface area is 141 Å². The maximum Gasteiger partial charge on any atom is 0.308 e. The van der Waals surface area contributed by atoms with Gasteiger partial charge in [0, 0.05) is 39.3 Å². The number of ether oxygens (including phenoxy) is 3. The van der Waals surface area contributed by atoms with Gasteiger partial charge in [-0.05, 0) is 31.5 Å². The highest BCUT2D eigenvalue weighted by molar-refractivity contribution is 5.71. The summed E-state index contributed by atoms with van der Waals surface area (Å²) in [4.78, 5) is 33.6. The van der Waals surface area contributed by atoms with Crippen LogP contribution in [0.25, 0.3) is 0 Å². The van der Waals surface area contributed by atoms with Crippen molar-refractivity contribution in [3.63, 3.8) is 0 Å². The van der Waals surface area contributed by atoms with Crippen molar-refractivity contribution in [3.05, 3.63) is 23.8 Å². The Morgan fingerprint density at radius 2 is 1.42 bits per heavy atom. The minimum atomic E-state index is -0.555. The normalized spacial score (nSPS) is 11.8. The van der Waals surface area contributed by atoms with E-state index < -0.39 is 24.1 Å². The van der Waals surface area contributed by atoms with E-state index in [4.69, 9.17) is 14.2 Å². The van der Waals surface area contributed by atoms with E-state index in [1.54, 1.807) is 12.1 Å². The maximum atomic E-state index is 11.2. The molecule has 132 valence electrons. The Morgan fingerprint density at radius 1 is 0.917 bits per heavy atom. The summed E-state index contributed by atoms with van der Waals surface area (Å²) < 4.78 is 15.4. The second-order valence-electron chi connectivity index (χ2n) is 5.62. The molecule has 0 radical (unpaired) electrons. The molecule has 0 fully saturated rings. The van der Waals surface area contributed by atoms with Gasteiger partial charge in [-0.15, -0.1) is 0 Å². The third-order valence-corrected chi connectivity index (χ3v) is 2.71. The highest BCUT2D eigenvalue weighted by atomic mass is 16.6. The van der Waals surface area contributed by atoms with Gasteiger partial charge >= 0.3 is 17.9 Å². The molecule has 1 unspecified atom stereocenters. The lowest BCUT2D eigenvalue weighted by atomic mass is 10.1. The first-order valence-electron chi connectivity index (χ1n) is 7.59. The van der Waals surface area contributed by atoms with Crippen molar-refractivity contribution in [1.82, 2.24) is 5.32 Å². The lowest BCUT2D eigenvalue weighted by Gasteiger charge is -2.21. The molecule has 1 rings (SSSR count). The zero-order valence-electron chi connectivity index (χ0n) is 14.5. The molecule has 7 heteroatoms. The summed E-state index contributed by atoms with van der Waals surface area (Å²) in [5.41, 5.74) is 0.685. The Hall–Kier alpha value is -2.41. The number of hydrogen-bond acceptors (Lipinski definition) is 7. The minimum absolute atomic E-state index is 0.0962. The van der Waals surface area contributed by atoms with Crippen LogP contribution in [-0.4, -0.2) is 30.2 Å². The van der Waals surface area contributed by atoms with E-state index in [1.165, 1.54) is 26.8 Å². The molecule has 0 amide bonds. The first-order valence-corrected chi connectivity index (χ1v) is 7.59. The van der Waals surface area contributed by atoms with Crippen molar-refractivity contribution in [2.24, 2.45) is 0 Å². The molecule has 0 saturated heterocycles. The maximum absolute atomic E-state index is 11.2. The van der Waals surface area contributed by atoms with Crippen molar-refractivity contribution in [1.29, 1.82) is 0 Å². The lowest BCUT2D eigenvalue weighted by Crippen LogP contribution is -2.39. The molecular formula is C17H23NO6. The van der Waals surface area contributed by atoms with E-state index >= 15 is 0 Å². The lowest BCUT2D eigenvalue weighted by molar-refractivity contribution is -0.148. The van der Waals surface area contributed by atoms with Gasteiger partial charge in [0.2, 0.25) is 0 Å². The molecule has 1 aromatic carbocycles. The van der Waals surface area contributed by atoms with Crippen LogP contribution in [0.4, 0.5) is 0 Å². The molecule has 0 saturated carbocycles. The molecule has 0 aromatic heterocycles. The van der Waals surface area contributed by atoms with Crippen LogP contribution in [0, 0.1) is 0 Å². The van der Waals surface area contributed by atoms with Gasteiger partial charge in [-0.3, -0.25) is 19.7 Å². The SMILES string of the molecule is CC(=O)Oc1cc(CC(NC(C)C)OC(C)=O)cc(OC(C)=O)c1. The van der Waals surface area contributed by atoms with E-state index in [9.17, 15) is 14.4 Å². The number of rotatable bonds is 7. The summed E-state index contributed by atoms with van der Waals surface area (Å²) >= 11 is 0. The highest BCUT2D eigenvalue weighted by Gasteiger charge is 2.16. The predicted octanol–water partition coefficient (Wildman–Crippen LogP) is 1.97. The molecule has 0 aliphatic carbocycles. The summed E-state index contributed by atoms with van der Waals surface area (Å²) in [6.45, 7) is 7.74. The molecule has 0 heterocycles. The Kier molecular flexibility index (Phi) is 7.38. The van der Waals surface area contributed by atoms with Crippen LogP contribution in [0.15, 0.2) is 18.2 Å². The van der Waals surface area contributed by atoms with Crippen molar-refractivity contribution >= 4 is 17.9 Å². The minimum Gasteiger partial charge on any atom is -0.446 e. The second-order valence-corrected chi connectivity index (χ2v) is 5.62. The fourth-order valence-electron chi connectivity index (χ4n) is 2.12. The smallest absolute Gasteiger partial charge is 0.308 e.